The molecule has 0 aliphatic carbocycles. The molecule has 3 aromatic rings. The lowest BCUT2D eigenvalue weighted by atomic mass is 10.1. The minimum Gasteiger partial charge on any atom is -0.310 e. The maximum absolute atomic E-state index is 12.1. The van der Waals surface area contributed by atoms with Crippen molar-refractivity contribution < 1.29 is 0 Å². The highest BCUT2D eigenvalue weighted by Crippen LogP contribution is 2.35. The maximum atomic E-state index is 12.1. The van der Waals surface area contributed by atoms with E-state index < -0.39 is 0 Å². The van der Waals surface area contributed by atoms with Crippen LogP contribution >= 0.6 is 11.3 Å². The Labute approximate surface area is 115 Å². The zero-order valence-corrected chi connectivity index (χ0v) is 11.7. The highest BCUT2D eigenvalue weighted by atomic mass is 32.1. The number of benzene rings is 1. The number of thiophene rings is 1. The summed E-state index contributed by atoms with van der Waals surface area (Å²) in [4.78, 5) is 21.5. The Balaban J connectivity index is 2.32. The fraction of sp³-hybridized carbons (Fsp3) is 0.200. The lowest BCUT2D eigenvalue weighted by Gasteiger charge is -1.98. The molecule has 96 valence electrons. The molecule has 0 aliphatic rings. The van der Waals surface area contributed by atoms with Crippen molar-refractivity contribution in [3.63, 3.8) is 0 Å². The van der Waals surface area contributed by atoms with E-state index in [0.29, 0.717) is 0 Å². The van der Waals surface area contributed by atoms with Crippen LogP contribution in [-0.2, 0) is 6.42 Å². The van der Waals surface area contributed by atoms with E-state index in [4.69, 9.17) is 0 Å². The largest absolute Gasteiger partial charge is 0.310 e. The summed E-state index contributed by atoms with van der Waals surface area (Å²) in [6.45, 7) is 3.98. The van der Waals surface area contributed by atoms with Crippen LogP contribution in [0.1, 0.15) is 18.3 Å². The summed E-state index contributed by atoms with van der Waals surface area (Å²) in [6, 6.07) is 10.1. The summed E-state index contributed by atoms with van der Waals surface area (Å²) in [5, 5.41) is 0.723. The zero-order valence-electron chi connectivity index (χ0n) is 10.9. The molecule has 0 radical (unpaired) electrons. The van der Waals surface area contributed by atoms with Gasteiger partial charge in [-0.3, -0.25) is 4.79 Å². The van der Waals surface area contributed by atoms with Crippen molar-refractivity contribution in [1.82, 2.24) is 9.97 Å². The number of aromatic nitrogens is 2. The van der Waals surface area contributed by atoms with Crippen LogP contribution in [0.5, 0.6) is 0 Å². The molecule has 0 fully saturated rings. The van der Waals surface area contributed by atoms with Gasteiger partial charge in [-0.25, -0.2) is 4.98 Å². The fourth-order valence-electron chi connectivity index (χ4n) is 2.22. The van der Waals surface area contributed by atoms with E-state index in [1.807, 2.05) is 32.0 Å². The molecule has 1 aromatic carbocycles. The molecule has 2 heterocycles. The molecule has 0 bridgehead atoms. The SMILES string of the molecule is CCc1nc2sc(-c3ccccc3)c(C)c2c(=O)[nH]1. The van der Waals surface area contributed by atoms with Crippen molar-refractivity contribution in [2.45, 2.75) is 20.3 Å². The van der Waals surface area contributed by atoms with Crippen LogP contribution in [0.2, 0.25) is 0 Å². The van der Waals surface area contributed by atoms with Gasteiger partial charge in [-0.1, -0.05) is 37.3 Å². The standard InChI is InChI=1S/C15H14N2OS/c1-3-11-16-14(18)12-9(2)13(19-15(12)17-11)10-7-5-4-6-8-10/h4-8H,3H2,1-2H3,(H,16,17,18). The number of nitrogens with one attached hydrogen (secondary N) is 1. The average molecular weight is 270 g/mol. The minimum atomic E-state index is -0.0298. The van der Waals surface area contributed by atoms with Gasteiger partial charge in [-0.2, -0.15) is 0 Å². The van der Waals surface area contributed by atoms with Gasteiger partial charge >= 0.3 is 0 Å². The Bertz CT molecular complexity index is 787. The molecule has 4 heteroatoms. The second-order valence-corrected chi connectivity index (χ2v) is 5.47. The number of aromatic amines is 1. The van der Waals surface area contributed by atoms with E-state index in [0.717, 1.165) is 38.5 Å². The third-order valence-corrected chi connectivity index (χ3v) is 4.46. The van der Waals surface area contributed by atoms with E-state index in [-0.39, 0.29) is 5.56 Å². The summed E-state index contributed by atoms with van der Waals surface area (Å²) in [5.74, 6) is 0.748. The Kier molecular flexibility index (Phi) is 2.95. The topological polar surface area (TPSA) is 45.8 Å². The molecule has 0 aliphatic heterocycles. The minimum absolute atomic E-state index is 0.0298. The van der Waals surface area contributed by atoms with Crippen molar-refractivity contribution in [1.29, 1.82) is 0 Å². The molecule has 2 aromatic heterocycles. The maximum Gasteiger partial charge on any atom is 0.259 e. The van der Waals surface area contributed by atoms with Gasteiger partial charge in [0.2, 0.25) is 0 Å². The van der Waals surface area contributed by atoms with Crippen LogP contribution < -0.4 is 5.56 Å². The van der Waals surface area contributed by atoms with Gasteiger partial charge in [0.25, 0.3) is 5.56 Å². The Hall–Kier alpha value is -1.94. The average Bonchev–Trinajstić information content (AvgIpc) is 2.77. The first kappa shape index (κ1) is 12.1. The Morgan fingerprint density at radius 3 is 2.68 bits per heavy atom. The third-order valence-electron chi connectivity index (χ3n) is 3.22. The van der Waals surface area contributed by atoms with E-state index in [2.05, 4.69) is 22.1 Å². The van der Waals surface area contributed by atoms with Crippen LogP contribution in [0.25, 0.3) is 20.7 Å². The Morgan fingerprint density at radius 2 is 2.00 bits per heavy atom. The predicted octanol–water partition coefficient (Wildman–Crippen LogP) is 3.52. The fourth-order valence-corrected chi connectivity index (χ4v) is 3.43. The third kappa shape index (κ3) is 1.98. The summed E-state index contributed by atoms with van der Waals surface area (Å²) >= 11 is 1.59. The molecule has 19 heavy (non-hydrogen) atoms. The molecule has 0 saturated carbocycles. The summed E-state index contributed by atoms with van der Waals surface area (Å²) < 4.78 is 0. The molecule has 0 spiro atoms. The van der Waals surface area contributed by atoms with Gasteiger partial charge < -0.3 is 4.98 Å². The van der Waals surface area contributed by atoms with E-state index in [9.17, 15) is 4.79 Å². The zero-order chi connectivity index (χ0) is 13.4. The second-order valence-electron chi connectivity index (χ2n) is 4.47. The first-order chi connectivity index (χ1) is 9.20. The van der Waals surface area contributed by atoms with E-state index in [1.54, 1.807) is 11.3 Å². The quantitative estimate of drug-likeness (QED) is 0.774. The lowest BCUT2D eigenvalue weighted by Crippen LogP contribution is -2.10. The normalized spacial score (nSPS) is 11.1. The number of hydrogen-bond acceptors (Lipinski definition) is 3. The molecule has 0 saturated heterocycles. The lowest BCUT2D eigenvalue weighted by molar-refractivity contribution is 0.947. The molecule has 3 nitrogen and oxygen atoms in total. The van der Waals surface area contributed by atoms with Crippen LogP contribution in [0.4, 0.5) is 0 Å². The molecule has 0 amide bonds. The van der Waals surface area contributed by atoms with Gasteiger partial charge in [0.15, 0.2) is 0 Å². The molecule has 0 atom stereocenters. The summed E-state index contributed by atoms with van der Waals surface area (Å²) in [7, 11) is 0. The van der Waals surface area contributed by atoms with Crippen molar-refractivity contribution >= 4 is 21.6 Å². The molecule has 3 rings (SSSR count). The number of nitrogens with zero attached hydrogens (tertiary/aromatic N) is 1. The van der Waals surface area contributed by atoms with Gasteiger partial charge in [0, 0.05) is 11.3 Å². The molecule has 1 N–H and O–H groups in total. The number of H-pyrrole nitrogens is 1. The van der Waals surface area contributed by atoms with Gasteiger partial charge in [-0.05, 0) is 18.1 Å². The van der Waals surface area contributed by atoms with Gasteiger partial charge in [0.1, 0.15) is 10.7 Å². The molecular weight excluding hydrogens is 256 g/mol. The van der Waals surface area contributed by atoms with Crippen molar-refractivity contribution in [3.05, 3.63) is 52.1 Å². The highest BCUT2D eigenvalue weighted by molar-refractivity contribution is 7.22. The van der Waals surface area contributed by atoms with Crippen LogP contribution in [0, 0.1) is 6.92 Å². The molecular formula is C15H14N2OS. The number of rotatable bonds is 2. The van der Waals surface area contributed by atoms with E-state index >= 15 is 0 Å². The Morgan fingerprint density at radius 1 is 1.26 bits per heavy atom. The second kappa shape index (κ2) is 4.63. The highest BCUT2D eigenvalue weighted by Gasteiger charge is 2.14. The first-order valence-corrected chi connectivity index (χ1v) is 7.10. The van der Waals surface area contributed by atoms with Gasteiger partial charge in [-0.15, -0.1) is 11.3 Å². The monoisotopic (exact) mass is 270 g/mol. The van der Waals surface area contributed by atoms with Crippen LogP contribution in [0.15, 0.2) is 35.1 Å². The smallest absolute Gasteiger partial charge is 0.259 e. The first-order valence-electron chi connectivity index (χ1n) is 6.28. The van der Waals surface area contributed by atoms with Crippen molar-refractivity contribution in [3.8, 4) is 10.4 Å². The summed E-state index contributed by atoms with van der Waals surface area (Å²) in [5.41, 5.74) is 2.13. The molecule has 0 unspecified atom stereocenters. The summed E-state index contributed by atoms with van der Waals surface area (Å²) in [6.07, 6.45) is 0.739. The van der Waals surface area contributed by atoms with Crippen molar-refractivity contribution in [2.75, 3.05) is 0 Å². The number of fused-ring (bicyclic) bond motifs is 1. The number of aryl methyl sites for hydroxylation is 2. The predicted molar refractivity (Wildman–Crippen MR) is 79.8 cm³/mol. The number of hydrogen-bond donors (Lipinski definition) is 1. The van der Waals surface area contributed by atoms with Crippen LogP contribution in [0.3, 0.4) is 0 Å². The van der Waals surface area contributed by atoms with Crippen LogP contribution in [-0.4, -0.2) is 9.97 Å². The van der Waals surface area contributed by atoms with Crippen molar-refractivity contribution in [2.24, 2.45) is 0 Å². The van der Waals surface area contributed by atoms with E-state index in [1.165, 1.54) is 0 Å². The van der Waals surface area contributed by atoms with Gasteiger partial charge in [0.05, 0.1) is 5.39 Å².